The summed E-state index contributed by atoms with van der Waals surface area (Å²) in [6.45, 7) is 3.88. The first-order chi connectivity index (χ1) is 15.9. The minimum atomic E-state index is -1.22. The number of aryl methyl sites for hydroxylation is 2. The van der Waals surface area contributed by atoms with Gasteiger partial charge in [-0.25, -0.2) is 20.0 Å². The Bertz CT molecular complexity index is 1210. The molecular formula is C26H25N3O4. The molecule has 1 atom stereocenters. The molecule has 1 aliphatic rings. The minimum absolute atomic E-state index is 0.308. The molecule has 1 amide bonds. The lowest BCUT2D eigenvalue weighted by Gasteiger charge is -2.24. The van der Waals surface area contributed by atoms with Crippen molar-refractivity contribution in [2.24, 2.45) is 4.99 Å². The highest BCUT2D eigenvalue weighted by Crippen LogP contribution is 2.38. The summed E-state index contributed by atoms with van der Waals surface area (Å²) < 4.78 is 10.3. The van der Waals surface area contributed by atoms with Gasteiger partial charge in [-0.05, 0) is 48.7 Å². The van der Waals surface area contributed by atoms with Gasteiger partial charge in [0.15, 0.2) is 5.54 Å². The van der Waals surface area contributed by atoms with Crippen molar-refractivity contribution < 1.29 is 19.1 Å². The van der Waals surface area contributed by atoms with Gasteiger partial charge >= 0.3 is 12.1 Å². The van der Waals surface area contributed by atoms with Crippen LogP contribution in [-0.2, 0) is 26.2 Å². The number of esters is 1. The van der Waals surface area contributed by atoms with Crippen molar-refractivity contribution in [1.82, 2.24) is 5.43 Å². The van der Waals surface area contributed by atoms with Crippen LogP contribution in [0.15, 0.2) is 77.8 Å². The molecule has 0 aromatic heterocycles. The Kier molecular flexibility index (Phi) is 6.13. The van der Waals surface area contributed by atoms with Crippen molar-refractivity contribution >= 4 is 23.6 Å². The van der Waals surface area contributed by atoms with Gasteiger partial charge in [0, 0.05) is 12.0 Å². The fraction of sp³-hybridized carbons (Fsp3) is 0.192. The van der Waals surface area contributed by atoms with Gasteiger partial charge in [0.25, 0.3) is 0 Å². The van der Waals surface area contributed by atoms with Crippen LogP contribution >= 0.6 is 0 Å². The zero-order chi connectivity index (χ0) is 23.4. The van der Waals surface area contributed by atoms with Crippen molar-refractivity contribution in [2.75, 3.05) is 12.5 Å². The molecule has 168 valence electrons. The van der Waals surface area contributed by atoms with E-state index >= 15 is 0 Å². The summed E-state index contributed by atoms with van der Waals surface area (Å²) in [6.07, 6.45) is -0.250. The molecule has 33 heavy (non-hydrogen) atoms. The number of benzene rings is 3. The van der Waals surface area contributed by atoms with E-state index in [1.54, 1.807) is 6.07 Å². The van der Waals surface area contributed by atoms with E-state index in [1.807, 2.05) is 80.6 Å². The number of hydrogen-bond acceptors (Lipinski definition) is 6. The van der Waals surface area contributed by atoms with Gasteiger partial charge in [-0.1, -0.05) is 60.2 Å². The Morgan fingerprint density at radius 2 is 1.76 bits per heavy atom. The summed E-state index contributed by atoms with van der Waals surface area (Å²) >= 11 is 0. The SMILES string of the molecule is COC(=O)NNc1ccc([C@@]2(Cc3ccccc3)N=C(c3ccc(C)cc3)OC2=O)cc1C. The van der Waals surface area contributed by atoms with Crippen molar-refractivity contribution in [3.8, 4) is 0 Å². The average molecular weight is 444 g/mol. The highest BCUT2D eigenvalue weighted by molar-refractivity contribution is 6.08. The van der Waals surface area contributed by atoms with Crippen LogP contribution in [0.4, 0.5) is 10.5 Å². The molecule has 3 aromatic rings. The largest absolute Gasteiger partial charge is 0.452 e. The maximum atomic E-state index is 13.4. The van der Waals surface area contributed by atoms with Gasteiger partial charge in [-0.15, -0.1) is 0 Å². The maximum Gasteiger partial charge on any atom is 0.425 e. The number of hydrogen-bond donors (Lipinski definition) is 2. The molecule has 1 heterocycles. The van der Waals surface area contributed by atoms with E-state index in [9.17, 15) is 9.59 Å². The number of methoxy groups -OCH3 is 1. The molecule has 0 saturated heterocycles. The summed E-state index contributed by atoms with van der Waals surface area (Å²) in [6, 6.07) is 23.0. The van der Waals surface area contributed by atoms with Gasteiger partial charge in [-0.2, -0.15) is 0 Å². The quantitative estimate of drug-likeness (QED) is 0.435. The van der Waals surface area contributed by atoms with Gasteiger partial charge < -0.3 is 9.47 Å². The first-order valence-electron chi connectivity index (χ1n) is 10.6. The van der Waals surface area contributed by atoms with Crippen LogP contribution in [0.1, 0.15) is 27.8 Å². The van der Waals surface area contributed by atoms with Crippen molar-refractivity contribution in [3.05, 3.63) is 101 Å². The lowest BCUT2D eigenvalue weighted by atomic mass is 9.83. The monoisotopic (exact) mass is 443 g/mol. The normalized spacial score (nSPS) is 17.2. The molecule has 7 nitrogen and oxygen atoms in total. The number of carbonyl (C=O) groups excluding carboxylic acids is 2. The lowest BCUT2D eigenvalue weighted by molar-refractivity contribution is -0.139. The summed E-state index contributed by atoms with van der Waals surface area (Å²) in [5.74, 6) is -0.113. The van der Waals surface area contributed by atoms with Crippen molar-refractivity contribution in [1.29, 1.82) is 0 Å². The third-order valence-corrected chi connectivity index (χ3v) is 5.61. The number of hydrazine groups is 1. The maximum absolute atomic E-state index is 13.4. The molecule has 0 radical (unpaired) electrons. The van der Waals surface area contributed by atoms with E-state index in [4.69, 9.17) is 9.73 Å². The molecule has 3 aromatic carbocycles. The van der Waals surface area contributed by atoms with E-state index in [-0.39, 0.29) is 0 Å². The fourth-order valence-corrected chi connectivity index (χ4v) is 3.75. The average Bonchev–Trinajstić information content (AvgIpc) is 3.16. The topological polar surface area (TPSA) is 89.0 Å². The van der Waals surface area contributed by atoms with Crippen molar-refractivity contribution in [2.45, 2.75) is 25.8 Å². The summed E-state index contributed by atoms with van der Waals surface area (Å²) in [4.78, 5) is 29.6. The summed E-state index contributed by atoms with van der Waals surface area (Å²) in [5.41, 5.74) is 9.07. The molecular weight excluding hydrogens is 418 g/mol. The third-order valence-electron chi connectivity index (χ3n) is 5.61. The third kappa shape index (κ3) is 4.57. The molecule has 0 fully saturated rings. The van der Waals surface area contributed by atoms with E-state index in [0.29, 0.717) is 23.6 Å². The number of cyclic esters (lactones) is 1. The minimum Gasteiger partial charge on any atom is -0.452 e. The highest BCUT2D eigenvalue weighted by atomic mass is 16.6. The number of amides is 1. The first-order valence-corrected chi connectivity index (χ1v) is 10.6. The number of carbonyl (C=O) groups is 2. The van der Waals surface area contributed by atoms with Gasteiger partial charge in [-0.3, -0.25) is 5.43 Å². The smallest absolute Gasteiger partial charge is 0.425 e. The summed E-state index contributed by atoms with van der Waals surface area (Å²) in [7, 11) is 1.29. The number of rotatable bonds is 6. The van der Waals surface area contributed by atoms with Gasteiger partial charge in [0.2, 0.25) is 5.90 Å². The molecule has 0 unspecified atom stereocenters. The van der Waals surface area contributed by atoms with E-state index in [2.05, 4.69) is 15.6 Å². The van der Waals surface area contributed by atoms with Crippen LogP contribution in [0.3, 0.4) is 0 Å². The van der Waals surface area contributed by atoms with Gasteiger partial charge in [0.05, 0.1) is 12.8 Å². The molecule has 0 bridgehead atoms. The van der Waals surface area contributed by atoms with Crippen LogP contribution < -0.4 is 10.9 Å². The Morgan fingerprint density at radius 1 is 1.03 bits per heavy atom. The molecule has 0 spiro atoms. The second-order valence-corrected chi connectivity index (χ2v) is 7.97. The molecule has 7 heteroatoms. The molecule has 0 saturated carbocycles. The van der Waals surface area contributed by atoms with E-state index < -0.39 is 17.6 Å². The highest BCUT2D eigenvalue weighted by Gasteiger charge is 2.48. The second kappa shape index (κ2) is 9.16. The number of nitrogens with zero attached hydrogens (tertiary/aromatic N) is 1. The fourth-order valence-electron chi connectivity index (χ4n) is 3.75. The second-order valence-electron chi connectivity index (χ2n) is 7.97. The standard InChI is InChI=1S/C26H25N3O4/c1-17-9-11-20(12-10-17)23-27-26(24(30)33-23,16-19-7-5-4-6-8-19)21-13-14-22(18(2)15-21)28-29-25(31)32-3/h4-15,28H,16H2,1-3H3,(H,29,31)/t26-/m1/s1. The van der Waals surface area contributed by atoms with Gasteiger partial charge in [0.1, 0.15) is 0 Å². The lowest BCUT2D eigenvalue weighted by Crippen LogP contribution is -2.34. The number of nitrogens with one attached hydrogen (secondary N) is 2. The van der Waals surface area contributed by atoms with E-state index in [1.165, 1.54) is 7.11 Å². The van der Waals surface area contributed by atoms with E-state index in [0.717, 1.165) is 22.3 Å². The molecule has 2 N–H and O–H groups in total. The summed E-state index contributed by atoms with van der Waals surface area (Å²) in [5, 5.41) is 0. The number of anilines is 1. The molecule has 1 aliphatic heterocycles. The van der Waals surface area contributed by atoms with Crippen LogP contribution in [0, 0.1) is 13.8 Å². The predicted octanol–water partition coefficient (Wildman–Crippen LogP) is 4.43. The zero-order valence-corrected chi connectivity index (χ0v) is 18.7. The predicted molar refractivity (Wildman–Crippen MR) is 126 cm³/mol. The number of aliphatic imine (C=N–C) groups is 1. The Balaban J connectivity index is 1.75. The first kappa shape index (κ1) is 22.1. The number of ether oxygens (including phenoxy) is 2. The van der Waals surface area contributed by atoms with Crippen LogP contribution in [-0.4, -0.2) is 25.1 Å². The van der Waals surface area contributed by atoms with Crippen molar-refractivity contribution in [3.63, 3.8) is 0 Å². The van der Waals surface area contributed by atoms with Crippen LogP contribution in [0.25, 0.3) is 0 Å². The zero-order valence-electron chi connectivity index (χ0n) is 18.7. The molecule has 4 rings (SSSR count). The Hall–Kier alpha value is -4.13. The van der Waals surface area contributed by atoms with Crippen LogP contribution in [0.2, 0.25) is 0 Å². The van der Waals surface area contributed by atoms with Crippen LogP contribution in [0.5, 0.6) is 0 Å². The Morgan fingerprint density at radius 3 is 2.42 bits per heavy atom. The Labute approximate surface area is 192 Å². The molecule has 0 aliphatic carbocycles.